The number of urea groups is 1. The number of halogens is 1. The number of H-pyrrole nitrogens is 1. The second-order valence-corrected chi connectivity index (χ2v) is 5.37. The fourth-order valence-electron chi connectivity index (χ4n) is 2.13. The molecular formula is C16H17FN8O. The highest BCUT2D eigenvalue weighted by Crippen LogP contribution is 2.23. The van der Waals surface area contributed by atoms with E-state index in [2.05, 4.69) is 41.4 Å². The van der Waals surface area contributed by atoms with Gasteiger partial charge in [0.25, 0.3) is 0 Å². The predicted octanol–water partition coefficient (Wildman–Crippen LogP) is 2.89. The molecule has 0 spiro atoms. The molecule has 0 bridgehead atoms. The molecule has 0 saturated heterocycles. The van der Waals surface area contributed by atoms with Gasteiger partial charge in [0.2, 0.25) is 0 Å². The van der Waals surface area contributed by atoms with Crippen molar-refractivity contribution >= 4 is 34.9 Å². The molecule has 0 saturated carbocycles. The van der Waals surface area contributed by atoms with Gasteiger partial charge < -0.3 is 21.3 Å². The summed E-state index contributed by atoms with van der Waals surface area (Å²) in [6.45, 7) is 1.89. The van der Waals surface area contributed by atoms with Crippen LogP contribution in [-0.4, -0.2) is 33.2 Å². The zero-order valence-corrected chi connectivity index (χ0v) is 14.1. The zero-order valence-electron chi connectivity index (χ0n) is 14.1. The number of rotatable bonds is 5. The molecule has 26 heavy (non-hydrogen) atoms. The van der Waals surface area contributed by atoms with Gasteiger partial charge in [-0.25, -0.2) is 14.2 Å². The van der Waals surface area contributed by atoms with E-state index in [1.54, 1.807) is 6.20 Å². The van der Waals surface area contributed by atoms with E-state index >= 15 is 0 Å². The highest BCUT2D eigenvalue weighted by molar-refractivity contribution is 5.89. The summed E-state index contributed by atoms with van der Waals surface area (Å²) < 4.78 is 13.8. The standard InChI is InChI=1S/C16H17FN8O/c1-9-5-13(25-24-9)22-15-8-19-7-14(23-15)20-10-3-4-11(17)12(6-10)21-16(26)18-2/h3-8H,1-2H3,(H2,18,21,26)(H3,20,22,23,24,25). The number of carbonyl (C=O) groups excluding carboxylic acids is 1. The highest BCUT2D eigenvalue weighted by Gasteiger charge is 2.08. The highest BCUT2D eigenvalue weighted by atomic mass is 19.1. The minimum absolute atomic E-state index is 0.0450. The Balaban J connectivity index is 1.75. The first-order chi connectivity index (χ1) is 12.5. The number of amides is 2. The topological polar surface area (TPSA) is 120 Å². The zero-order chi connectivity index (χ0) is 18.5. The number of anilines is 5. The lowest BCUT2D eigenvalue weighted by molar-refractivity contribution is 0.254. The smallest absolute Gasteiger partial charge is 0.319 e. The Kier molecular flexibility index (Phi) is 4.92. The van der Waals surface area contributed by atoms with Crippen LogP contribution in [0.25, 0.3) is 0 Å². The normalized spacial score (nSPS) is 10.3. The molecule has 10 heteroatoms. The number of nitrogens with one attached hydrogen (secondary N) is 5. The van der Waals surface area contributed by atoms with Crippen molar-refractivity contribution in [3.05, 3.63) is 48.2 Å². The molecule has 2 aromatic heterocycles. The number of carbonyl (C=O) groups is 1. The van der Waals surface area contributed by atoms with Crippen molar-refractivity contribution in [2.45, 2.75) is 6.92 Å². The summed E-state index contributed by atoms with van der Waals surface area (Å²) in [5, 5.41) is 17.7. The van der Waals surface area contributed by atoms with Crippen molar-refractivity contribution in [1.29, 1.82) is 0 Å². The lowest BCUT2D eigenvalue weighted by Crippen LogP contribution is -2.25. The van der Waals surface area contributed by atoms with Gasteiger partial charge in [-0.05, 0) is 25.1 Å². The van der Waals surface area contributed by atoms with E-state index in [9.17, 15) is 9.18 Å². The number of aromatic nitrogens is 4. The summed E-state index contributed by atoms with van der Waals surface area (Å²) in [6, 6.07) is 5.56. The molecule has 2 amide bonds. The summed E-state index contributed by atoms with van der Waals surface area (Å²) in [5.74, 6) is 1.01. The minimum atomic E-state index is -0.547. The Morgan fingerprint density at radius 2 is 1.88 bits per heavy atom. The number of aromatic amines is 1. The Bertz CT molecular complexity index is 926. The maximum absolute atomic E-state index is 13.8. The molecule has 3 rings (SSSR count). The number of nitrogens with zero attached hydrogens (tertiary/aromatic N) is 3. The van der Waals surface area contributed by atoms with Gasteiger partial charge in [0.1, 0.15) is 5.82 Å². The molecule has 2 heterocycles. The molecule has 0 unspecified atom stereocenters. The molecule has 0 fully saturated rings. The maximum atomic E-state index is 13.8. The molecule has 134 valence electrons. The van der Waals surface area contributed by atoms with Crippen LogP contribution in [0.1, 0.15) is 5.69 Å². The van der Waals surface area contributed by atoms with E-state index < -0.39 is 11.8 Å². The van der Waals surface area contributed by atoms with Gasteiger partial charge in [0.15, 0.2) is 17.5 Å². The third-order valence-electron chi connectivity index (χ3n) is 3.31. The van der Waals surface area contributed by atoms with E-state index in [0.717, 1.165) is 5.69 Å². The van der Waals surface area contributed by atoms with Crippen LogP contribution in [0, 0.1) is 12.7 Å². The fourth-order valence-corrected chi connectivity index (χ4v) is 2.13. The Morgan fingerprint density at radius 1 is 1.12 bits per heavy atom. The quantitative estimate of drug-likeness (QED) is 0.479. The number of benzene rings is 1. The third-order valence-corrected chi connectivity index (χ3v) is 3.31. The van der Waals surface area contributed by atoms with E-state index in [1.807, 2.05) is 13.0 Å². The van der Waals surface area contributed by atoms with Crippen LogP contribution in [0.2, 0.25) is 0 Å². The SMILES string of the molecule is CNC(=O)Nc1cc(Nc2cncc(Nc3cc(C)[nH]n3)n2)ccc1F. The Labute approximate surface area is 148 Å². The van der Waals surface area contributed by atoms with Crippen molar-refractivity contribution < 1.29 is 9.18 Å². The van der Waals surface area contributed by atoms with Crippen LogP contribution in [-0.2, 0) is 0 Å². The molecule has 9 nitrogen and oxygen atoms in total. The van der Waals surface area contributed by atoms with Crippen LogP contribution >= 0.6 is 0 Å². The van der Waals surface area contributed by atoms with Crippen molar-refractivity contribution in [2.24, 2.45) is 0 Å². The fraction of sp³-hybridized carbons (Fsp3) is 0.125. The van der Waals surface area contributed by atoms with Gasteiger partial charge in [-0.15, -0.1) is 0 Å². The molecule has 0 aliphatic carbocycles. The van der Waals surface area contributed by atoms with E-state index in [-0.39, 0.29) is 5.69 Å². The van der Waals surface area contributed by atoms with E-state index in [4.69, 9.17) is 0 Å². The first kappa shape index (κ1) is 17.1. The van der Waals surface area contributed by atoms with E-state index in [1.165, 1.54) is 31.4 Å². The van der Waals surface area contributed by atoms with Gasteiger partial charge in [-0.3, -0.25) is 10.1 Å². The summed E-state index contributed by atoms with van der Waals surface area (Å²) in [6.07, 6.45) is 3.08. The Morgan fingerprint density at radius 3 is 2.58 bits per heavy atom. The van der Waals surface area contributed by atoms with Crippen LogP contribution < -0.4 is 21.3 Å². The molecule has 0 atom stereocenters. The van der Waals surface area contributed by atoms with Crippen LogP contribution in [0.4, 0.5) is 38.0 Å². The molecule has 0 radical (unpaired) electrons. The first-order valence-electron chi connectivity index (χ1n) is 7.70. The molecule has 3 aromatic rings. The number of hydrogen-bond acceptors (Lipinski definition) is 6. The summed E-state index contributed by atoms with van der Waals surface area (Å²) in [4.78, 5) is 19.9. The first-order valence-corrected chi connectivity index (χ1v) is 7.70. The molecule has 1 aromatic carbocycles. The van der Waals surface area contributed by atoms with Crippen molar-refractivity contribution in [3.8, 4) is 0 Å². The van der Waals surface area contributed by atoms with Crippen LogP contribution in [0.3, 0.4) is 0 Å². The van der Waals surface area contributed by atoms with Crippen molar-refractivity contribution in [1.82, 2.24) is 25.5 Å². The second kappa shape index (κ2) is 7.47. The molecule has 0 aliphatic heterocycles. The van der Waals surface area contributed by atoms with Gasteiger partial charge in [0.05, 0.1) is 18.1 Å². The Hall–Kier alpha value is -3.69. The van der Waals surface area contributed by atoms with Gasteiger partial charge >= 0.3 is 6.03 Å². The number of hydrogen-bond donors (Lipinski definition) is 5. The van der Waals surface area contributed by atoms with Crippen LogP contribution in [0.15, 0.2) is 36.7 Å². The lowest BCUT2D eigenvalue weighted by Gasteiger charge is -2.10. The minimum Gasteiger partial charge on any atom is -0.341 e. The average molecular weight is 356 g/mol. The average Bonchev–Trinajstić information content (AvgIpc) is 3.03. The van der Waals surface area contributed by atoms with Crippen molar-refractivity contribution in [3.63, 3.8) is 0 Å². The predicted molar refractivity (Wildman–Crippen MR) is 96.4 cm³/mol. The number of aryl methyl sites for hydroxylation is 1. The second-order valence-electron chi connectivity index (χ2n) is 5.37. The lowest BCUT2D eigenvalue weighted by atomic mass is 10.2. The molecule has 0 aliphatic rings. The van der Waals surface area contributed by atoms with E-state index in [0.29, 0.717) is 23.1 Å². The van der Waals surface area contributed by atoms with Crippen LogP contribution in [0.5, 0.6) is 0 Å². The maximum Gasteiger partial charge on any atom is 0.319 e. The molecule has 5 N–H and O–H groups in total. The monoisotopic (exact) mass is 356 g/mol. The summed E-state index contributed by atoms with van der Waals surface area (Å²) in [7, 11) is 1.45. The van der Waals surface area contributed by atoms with Crippen molar-refractivity contribution in [2.75, 3.05) is 23.0 Å². The summed E-state index contributed by atoms with van der Waals surface area (Å²) in [5.41, 5.74) is 1.50. The van der Waals surface area contributed by atoms with Gasteiger partial charge in [-0.2, -0.15) is 5.10 Å². The molecular weight excluding hydrogens is 339 g/mol. The van der Waals surface area contributed by atoms with Gasteiger partial charge in [-0.1, -0.05) is 0 Å². The van der Waals surface area contributed by atoms with Gasteiger partial charge in [0, 0.05) is 24.5 Å². The summed E-state index contributed by atoms with van der Waals surface area (Å²) >= 11 is 0. The third kappa shape index (κ3) is 4.23. The largest absolute Gasteiger partial charge is 0.341 e.